The van der Waals surface area contributed by atoms with Gasteiger partial charge in [0.15, 0.2) is 5.76 Å². The molecule has 7 heteroatoms. The molecule has 0 bridgehead atoms. The number of aromatic nitrogens is 2. The number of rotatable bonds is 4. The highest BCUT2D eigenvalue weighted by atomic mass is 35.5. The molecule has 2 atom stereocenters. The van der Waals surface area contributed by atoms with Gasteiger partial charge in [-0.15, -0.1) is 0 Å². The quantitative estimate of drug-likeness (QED) is 0.658. The molecule has 0 saturated carbocycles. The van der Waals surface area contributed by atoms with Crippen molar-refractivity contribution in [2.24, 2.45) is 0 Å². The van der Waals surface area contributed by atoms with Crippen LogP contribution in [0, 0.1) is 0 Å². The highest BCUT2D eigenvalue weighted by Gasteiger charge is 2.28. The Labute approximate surface area is 155 Å². The van der Waals surface area contributed by atoms with Crippen molar-refractivity contribution in [3.63, 3.8) is 0 Å². The van der Waals surface area contributed by atoms with E-state index < -0.39 is 0 Å². The molecular weight excluding hydrogens is 352 g/mol. The van der Waals surface area contributed by atoms with Gasteiger partial charge in [-0.1, -0.05) is 23.7 Å². The molecule has 0 aliphatic carbocycles. The lowest BCUT2D eigenvalue weighted by atomic mass is 9.86. The number of nitrogens with zero attached hydrogens (tertiary/aromatic N) is 1. The number of piperidine rings is 1. The van der Waals surface area contributed by atoms with Crippen LogP contribution in [0.25, 0.3) is 11.3 Å². The second kappa shape index (κ2) is 7.35. The normalized spacial score (nSPS) is 20.0. The Balaban J connectivity index is 1.49. The maximum atomic E-state index is 12.6. The molecule has 1 aromatic carbocycles. The molecule has 26 heavy (non-hydrogen) atoms. The Morgan fingerprint density at radius 3 is 2.85 bits per heavy atom. The van der Waals surface area contributed by atoms with Gasteiger partial charge >= 0.3 is 0 Å². The van der Waals surface area contributed by atoms with Crippen LogP contribution in [-0.4, -0.2) is 35.2 Å². The predicted octanol–water partition coefficient (Wildman–Crippen LogP) is 3.20. The zero-order chi connectivity index (χ0) is 17.9. The lowest BCUT2D eigenvalue weighted by Gasteiger charge is -2.33. The van der Waals surface area contributed by atoms with Gasteiger partial charge < -0.3 is 15.1 Å². The van der Waals surface area contributed by atoms with Gasteiger partial charge in [-0.05, 0) is 42.8 Å². The van der Waals surface area contributed by atoms with Crippen LogP contribution in [0.15, 0.2) is 53.2 Å². The number of H-pyrrole nitrogens is 1. The Bertz CT molecular complexity index is 873. The summed E-state index contributed by atoms with van der Waals surface area (Å²) in [5.74, 6) is 0.926. The number of hydrogen-bond donors (Lipinski definition) is 3. The van der Waals surface area contributed by atoms with E-state index in [1.165, 1.54) is 5.56 Å². The largest absolute Gasteiger partial charge is 0.451 e. The summed E-state index contributed by atoms with van der Waals surface area (Å²) < 4.78 is 5.68. The van der Waals surface area contributed by atoms with Crippen LogP contribution in [0.3, 0.4) is 0 Å². The van der Waals surface area contributed by atoms with Gasteiger partial charge in [-0.25, -0.2) is 0 Å². The summed E-state index contributed by atoms with van der Waals surface area (Å²) in [6, 6.07) is 11.3. The van der Waals surface area contributed by atoms with Crippen molar-refractivity contribution < 1.29 is 9.21 Å². The minimum absolute atomic E-state index is 0.0140. The SMILES string of the molecule is O=C(N[C@@H]1CNCC[C@H]1c1ccc(Cl)cc1)c1ccc(-c2cn[nH]c2)o1. The molecule has 6 nitrogen and oxygen atoms in total. The number of carbonyl (C=O) groups is 1. The van der Waals surface area contributed by atoms with Crippen LogP contribution in [0.4, 0.5) is 0 Å². The first-order valence-corrected chi connectivity index (χ1v) is 8.94. The van der Waals surface area contributed by atoms with E-state index in [0.717, 1.165) is 18.5 Å². The van der Waals surface area contributed by atoms with Crippen LogP contribution in [0.1, 0.15) is 28.5 Å². The van der Waals surface area contributed by atoms with Crippen molar-refractivity contribution in [2.45, 2.75) is 18.4 Å². The first-order chi connectivity index (χ1) is 12.7. The molecule has 1 fully saturated rings. The summed E-state index contributed by atoms with van der Waals surface area (Å²) >= 11 is 5.99. The number of halogens is 1. The van der Waals surface area contributed by atoms with Crippen molar-refractivity contribution in [3.05, 3.63) is 65.1 Å². The summed E-state index contributed by atoms with van der Waals surface area (Å²) in [5.41, 5.74) is 1.99. The molecule has 1 amide bonds. The van der Waals surface area contributed by atoms with E-state index >= 15 is 0 Å². The van der Waals surface area contributed by atoms with Crippen LogP contribution in [0.5, 0.6) is 0 Å². The number of furan rings is 1. The van der Waals surface area contributed by atoms with Gasteiger partial charge in [0.1, 0.15) is 5.76 Å². The third-order valence-electron chi connectivity index (χ3n) is 4.71. The lowest BCUT2D eigenvalue weighted by Crippen LogP contribution is -2.49. The molecule has 1 aliphatic rings. The van der Waals surface area contributed by atoms with Crippen molar-refractivity contribution in [1.29, 1.82) is 0 Å². The summed E-state index contributed by atoms with van der Waals surface area (Å²) in [5, 5.41) is 13.8. The van der Waals surface area contributed by atoms with E-state index in [1.807, 2.05) is 24.3 Å². The fourth-order valence-corrected chi connectivity index (χ4v) is 3.49. The fourth-order valence-electron chi connectivity index (χ4n) is 3.36. The molecular formula is C19H19ClN4O2. The topological polar surface area (TPSA) is 83.0 Å². The maximum Gasteiger partial charge on any atom is 0.287 e. The van der Waals surface area contributed by atoms with Crippen molar-refractivity contribution >= 4 is 17.5 Å². The maximum absolute atomic E-state index is 12.6. The average Bonchev–Trinajstić information content (AvgIpc) is 3.34. The number of hydrogen-bond acceptors (Lipinski definition) is 4. The zero-order valence-corrected chi connectivity index (χ0v) is 14.8. The van der Waals surface area contributed by atoms with E-state index in [9.17, 15) is 4.79 Å². The summed E-state index contributed by atoms with van der Waals surface area (Å²) in [7, 11) is 0. The number of aromatic amines is 1. The molecule has 0 radical (unpaired) electrons. The zero-order valence-electron chi connectivity index (χ0n) is 14.0. The van der Waals surface area contributed by atoms with Gasteiger partial charge in [0.05, 0.1) is 11.8 Å². The molecule has 1 aliphatic heterocycles. The highest BCUT2D eigenvalue weighted by Crippen LogP contribution is 2.27. The van der Waals surface area contributed by atoms with Gasteiger partial charge in [0, 0.05) is 29.7 Å². The van der Waals surface area contributed by atoms with Crippen molar-refractivity contribution in [1.82, 2.24) is 20.8 Å². The second-order valence-corrected chi connectivity index (χ2v) is 6.82. The minimum Gasteiger partial charge on any atom is -0.451 e. The Morgan fingerprint density at radius 2 is 2.08 bits per heavy atom. The molecule has 0 spiro atoms. The molecule has 134 valence electrons. The van der Waals surface area contributed by atoms with E-state index in [-0.39, 0.29) is 17.9 Å². The number of amides is 1. The van der Waals surface area contributed by atoms with Crippen LogP contribution >= 0.6 is 11.6 Å². The average molecular weight is 371 g/mol. The molecule has 0 unspecified atom stereocenters. The van der Waals surface area contributed by atoms with Crippen molar-refractivity contribution in [2.75, 3.05) is 13.1 Å². The lowest BCUT2D eigenvalue weighted by molar-refractivity contribution is 0.0897. The molecule has 4 rings (SSSR count). The summed E-state index contributed by atoms with van der Waals surface area (Å²) in [6.07, 6.45) is 4.33. The van der Waals surface area contributed by atoms with E-state index in [2.05, 4.69) is 20.8 Å². The van der Waals surface area contributed by atoms with E-state index in [4.69, 9.17) is 16.0 Å². The van der Waals surface area contributed by atoms with Gasteiger partial charge in [0.25, 0.3) is 5.91 Å². The summed E-state index contributed by atoms with van der Waals surface area (Å²) in [4.78, 5) is 12.6. The van der Waals surface area contributed by atoms with Gasteiger partial charge in [-0.3, -0.25) is 9.89 Å². The molecule has 3 heterocycles. The first-order valence-electron chi connectivity index (χ1n) is 8.57. The van der Waals surface area contributed by atoms with Gasteiger partial charge in [-0.2, -0.15) is 5.10 Å². The molecule has 1 saturated heterocycles. The molecule has 2 aromatic heterocycles. The molecule has 3 aromatic rings. The molecule has 3 N–H and O–H groups in total. The first kappa shape index (κ1) is 16.9. The van der Waals surface area contributed by atoms with E-state index in [1.54, 1.807) is 24.5 Å². The second-order valence-electron chi connectivity index (χ2n) is 6.38. The minimum atomic E-state index is -0.215. The highest BCUT2D eigenvalue weighted by molar-refractivity contribution is 6.30. The standard InChI is InChI=1S/C19H19ClN4O2/c20-14-3-1-12(2-4-14)15-7-8-21-11-16(15)24-19(25)18-6-5-17(26-18)13-9-22-23-10-13/h1-6,9-10,15-16,21H,7-8,11H2,(H,22,23)(H,24,25)/t15-,16+/m0/s1. The number of benzene rings is 1. The Kier molecular flexibility index (Phi) is 4.77. The Morgan fingerprint density at radius 1 is 1.23 bits per heavy atom. The van der Waals surface area contributed by atoms with Gasteiger partial charge in [0.2, 0.25) is 0 Å². The monoisotopic (exact) mass is 370 g/mol. The smallest absolute Gasteiger partial charge is 0.287 e. The van der Waals surface area contributed by atoms with Crippen LogP contribution < -0.4 is 10.6 Å². The fraction of sp³-hybridized carbons (Fsp3) is 0.263. The van der Waals surface area contributed by atoms with E-state index in [0.29, 0.717) is 23.1 Å². The summed E-state index contributed by atoms with van der Waals surface area (Å²) in [6.45, 7) is 1.64. The van der Waals surface area contributed by atoms with Crippen molar-refractivity contribution in [3.8, 4) is 11.3 Å². The number of carbonyl (C=O) groups excluding carboxylic acids is 1. The van der Waals surface area contributed by atoms with Crippen LogP contribution in [0.2, 0.25) is 5.02 Å². The Hall–Kier alpha value is -2.57. The van der Waals surface area contributed by atoms with Crippen LogP contribution in [-0.2, 0) is 0 Å². The predicted molar refractivity (Wildman–Crippen MR) is 99.2 cm³/mol. The third kappa shape index (κ3) is 3.52. The third-order valence-corrected chi connectivity index (χ3v) is 4.96. The number of nitrogens with one attached hydrogen (secondary N) is 3.